The van der Waals surface area contributed by atoms with Gasteiger partial charge < -0.3 is 16.0 Å². The number of amides is 3. The maximum absolute atomic E-state index is 12.8. The van der Waals surface area contributed by atoms with Crippen LogP contribution < -0.4 is 16.0 Å². The molecule has 130 valence electrons. The summed E-state index contributed by atoms with van der Waals surface area (Å²) in [6.45, 7) is 1.55. The van der Waals surface area contributed by atoms with Crippen molar-refractivity contribution in [2.75, 3.05) is 17.7 Å². The molecule has 1 atom stereocenters. The van der Waals surface area contributed by atoms with Crippen LogP contribution in [0.4, 0.5) is 11.4 Å². The molecule has 0 bridgehead atoms. The number of hydrogen-bond donors (Lipinski definition) is 3. The lowest BCUT2D eigenvalue weighted by molar-refractivity contribution is -0.126. The molecule has 1 aliphatic rings. The van der Waals surface area contributed by atoms with Gasteiger partial charge in [0.15, 0.2) is 10.4 Å². The van der Waals surface area contributed by atoms with E-state index in [-0.39, 0.29) is 11.4 Å². The van der Waals surface area contributed by atoms with E-state index in [1.807, 2.05) is 18.2 Å². The average Bonchev–Trinajstić information content (AvgIpc) is 2.95. The molecule has 1 aromatic heterocycles. The molecule has 1 aromatic carbocycles. The molecule has 25 heavy (non-hydrogen) atoms. The Kier molecular flexibility index (Phi) is 4.25. The van der Waals surface area contributed by atoms with Crippen molar-refractivity contribution in [3.8, 4) is 0 Å². The zero-order valence-electron chi connectivity index (χ0n) is 13.9. The van der Waals surface area contributed by atoms with Crippen LogP contribution in [0.2, 0.25) is 0 Å². The number of fused-ring (bicyclic) bond motifs is 1. The zero-order chi connectivity index (χ0) is 18.2. The number of rotatable bonds is 3. The van der Waals surface area contributed by atoms with Crippen LogP contribution in [-0.2, 0) is 16.6 Å². The maximum atomic E-state index is 12.8. The predicted octanol–water partition coefficient (Wildman–Crippen LogP) is 1.22. The van der Waals surface area contributed by atoms with Crippen LogP contribution in [0.5, 0.6) is 0 Å². The molecule has 9 heteroatoms. The molecule has 0 saturated carbocycles. The van der Waals surface area contributed by atoms with Gasteiger partial charge in [-0.05, 0) is 19.1 Å². The van der Waals surface area contributed by atoms with E-state index < -0.39 is 22.5 Å². The monoisotopic (exact) mass is 359 g/mol. The largest absolute Gasteiger partial charge is 0.354 e. The molecule has 1 unspecified atom stereocenters. The summed E-state index contributed by atoms with van der Waals surface area (Å²) in [5, 5.41) is 11.9. The van der Waals surface area contributed by atoms with E-state index in [9.17, 15) is 14.4 Å². The second-order valence-electron chi connectivity index (χ2n) is 5.68. The van der Waals surface area contributed by atoms with Crippen molar-refractivity contribution in [3.63, 3.8) is 0 Å². The van der Waals surface area contributed by atoms with Crippen LogP contribution in [0.15, 0.2) is 35.4 Å². The SMILES string of the molecule is CNC(=O)c1nn(C)cc1NC(=O)C1(C)Sc2ccccc2NC1=O. The number of thioether (sulfide) groups is 1. The Morgan fingerprint density at radius 2 is 2.04 bits per heavy atom. The van der Waals surface area contributed by atoms with Crippen molar-refractivity contribution >= 4 is 40.9 Å². The van der Waals surface area contributed by atoms with Gasteiger partial charge in [0.25, 0.3) is 5.91 Å². The van der Waals surface area contributed by atoms with Gasteiger partial charge in [-0.3, -0.25) is 19.1 Å². The van der Waals surface area contributed by atoms with E-state index in [2.05, 4.69) is 21.0 Å². The predicted molar refractivity (Wildman–Crippen MR) is 94.6 cm³/mol. The van der Waals surface area contributed by atoms with E-state index in [1.165, 1.54) is 29.7 Å². The minimum Gasteiger partial charge on any atom is -0.354 e. The minimum atomic E-state index is -1.37. The first-order valence-electron chi connectivity index (χ1n) is 7.52. The Morgan fingerprint density at radius 3 is 2.76 bits per heavy atom. The van der Waals surface area contributed by atoms with Crippen LogP contribution in [0, 0.1) is 0 Å². The van der Waals surface area contributed by atoms with Gasteiger partial charge in [0, 0.05) is 25.2 Å². The molecular weight excluding hydrogens is 342 g/mol. The standard InChI is InChI=1S/C16H17N5O3S/c1-16(14(23)18-9-6-4-5-7-11(9)25-16)15(24)19-10-8-21(3)20-12(10)13(22)17-2/h4-8H,1-3H3,(H,17,22)(H,18,23)(H,19,24). The number of aryl methyl sites for hydroxylation is 1. The molecule has 0 saturated heterocycles. The van der Waals surface area contributed by atoms with Crippen LogP contribution >= 0.6 is 11.8 Å². The topological polar surface area (TPSA) is 105 Å². The quantitative estimate of drug-likeness (QED) is 0.715. The molecule has 0 aliphatic carbocycles. The minimum absolute atomic E-state index is 0.0866. The van der Waals surface area contributed by atoms with Gasteiger partial charge in [-0.1, -0.05) is 23.9 Å². The first-order chi connectivity index (χ1) is 11.8. The van der Waals surface area contributed by atoms with Gasteiger partial charge in [-0.25, -0.2) is 0 Å². The fourth-order valence-corrected chi connectivity index (χ4v) is 3.53. The number of anilines is 2. The lowest BCUT2D eigenvalue weighted by atomic mass is 10.1. The van der Waals surface area contributed by atoms with E-state index in [0.717, 1.165) is 4.90 Å². The van der Waals surface area contributed by atoms with Crippen molar-refractivity contribution in [3.05, 3.63) is 36.2 Å². The summed E-state index contributed by atoms with van der Waals surface area (Å²) in [5.74, 6) is -1.37. The molecule has 0 spiro atoms. The van der Waals surface area contributed by atoms with Crippen LogP contribution in [-0.4, -0.2) is 39.3 Å². The smallest absolute Gasteiger partial charge is 0.273 e. The number of nitrogens with zero attached hydrogens (tertiary/aromatic N) is 2. The second-order valence-corrected chi connectivity index (χ2v) is 7.14. The third-order valence-electron chi connectivity index (χ3n) is 3.84. The van der Waals surface area contributed by atoms with Gasteiger partial charge in [0.2, 0.25) is 11.8 Å². The lowest BCUT2D eigenvalue weighted by Gasteiger charge is -2.31. The highest BCUT2D eigenvalue weighted by atomic mass is 32.2. The Labute approximate surface area is 148 Å². The fourth-order valence-electron chi connectivity index (χ4n) is 2.42. The molecule has 1 aliphatic heterocycles. The number of aromatic nitrogens is 2. The average molecular weight is 359 g/mol. The highest BCUT2D eigenvalue weighted by Gasteiger charge is 2.46. The number of hydrogen-bond acceptors (Lipinski definition) is 5. The Bertz CT molecular complexity index is 878. The van der Waals surface area contributed by atoms with Crippen molar-refractivity contribution in [1.29, 1.82) is 0 Å². The first-order valence-corrected chi connectivity index (χ1v) is 8.33. The Morgan fingerprint density at radius 1 is 1.32 bits per heavy atom. The van der Waals surface area contributed by atoms with Gasteiger partial charge in [0.1, 0.15) is 0 Å². The highest BCUT2D eigenvalue weighted by Crippen LogP contribution is 2.42. The van der Waals surface area contributed by atoms with E-state index >= 15 is 0 Å². The van der Waals surface area contributed by atoms with Crippen molar-refractivity contribution in [2.45, 2.75) is 16.6 Å². The molecule has 0 radical (unpaired) electrons. The second kappa shape index (κ2) is 6.25. The highest BCUT2D eigenvalue weighted by molar-refractivity contribution is 8.02. The van der Waals surface area contributed by atoms with Crippen molar-refractivity contribution < 1.29 is 14.4 Å². The molecule has 8 nitrogen and oxygen atoms in total. The number of carbonyl (C=O) groups is 3. The summed E-state index contributed by atoms with van der Waals surface area (Å²) in [6.07, 6.45) is 1.52. The number of para-hydroxylation sites is 1. The van der Waals surface area contributed by atoms with E-state index in [1.54, 1.807) is 20.0 Å². The molecule has 0 fully saturated rings. The first kappa shape index (κ1) is 17.0. The number of benzene rings is 1. The summed E-state index contributed by atoms with van der Waals surface area (Å²) in [7, 11) is 3.12. The van der Waals surface area contributed by atoms with Crippen LogP contribution in [0.3, 0.4) is 0 Å². The van der Waals surface area contributed by atoms with Crippen LogP contribution in [0.1, 0.15) is 17.4 Å². The summed E-state index contributed by atoms with van der Waals surface area (Å²) < 4.78 is 0.0516. The molecule has 2 aromatic rings. The zero-order valence-corrected chi connectivity index (χ0v) is 14.7. The van der Waals surface area contributed by atoms with E-state index in [0.29, 0.717) is 5.69 Å². The lowest BCUT2D eigenvalue weighted by Crippen LogP contribution is -2.49. The molecule has 3 amide bonds. The third-order valence-corrected chi connectivity index (χ3v) is 5.19. The van der Waals surface area contributed by atoms with E-state index in [4.69, 9.17) is 0 Å². The van der Waals surface area contributed by atoms with Gasteiger partial charge in [-0.15, -0.1) is 0 Å². The van der Waals surface area contributed by atoms with Gasteiger partial charge >= 0.3 is 0 Å². The number of nitrogens with one attached hydrogen (secondary N) is 3. The van der Waals surface area contributed by atoms with Gasteiger partial charge in [-0.2, -0.15) is 5.10 Å². The molecule has 3 rings (SSSR count). The maximum Gasteiger partial charge on any atom is 0.273 e. The Balaban J connectivity index is 1.89. The summed E-state index contributed by atoms with van der Waals surface area (Å²) in [5.41, 5.74) is 1.01. The molecular formula is C16H17N5O3S. The third kappa shape index (κ3) is 2.98. The summed E-state index contributed by atoms with van der Waals surface area (Å²) >= 11 is 1.17. The molecule has 2 heterocycles. The summed E-state index contributed by atoms with van der Waals surface area (Å²) in [6, 6.07) is 7.27. The number of carbonyl (C=O) groups excluding carboxylic acids is 3. The van der Waals surface area contributed by atoms with Gasteiger partial charge in [0.05, 0.1) is 11.4 Å². The van der Waals surface area contributed by atoms with Crippen molar-refractivity contribution in [2.24, 2.45) is 7.05 Å². The normalized spacial score (nSPS) is 18.9. The summed E-state index contributed by atoms with van der Waals surface area (Å²) in [4.78, 5) is 38.0. The fraction of sp³-hybridized carbons (Fsp3) is 0.250. The van der Waals surface area contributed by atoms with Crippen LogP contribution in [0.25, 0.3) is 0 Å². The van der Waals surface area contributed by atoms with Crippen molar-refractivity contribution in [1.82, 2.24) is 15.1 Å². The Hall–Kier alpha value is -2.81. The molecule has 3 N–H and O–H groups in total.